The topological polar surface area (TPSA) is 38.8 Å². The molecule has 0 spiro atoms. The summed E-state index contributed by atoms with van der Waals surface area (Å²) in [7, 11) is 1.67. The fourth-order valence-electron chi connectivity index (χ4n) is 4.59. The molecule has 1 fully saturated rings. The second-order valence-electron chi connectivity index (χ2n) is 9.35. The first-order valence-electron chi connectivity index (χ1n) is 11.3. The summed E-state index contributed by atoms with van der Waals surface area (Å²) < 4.78 is 11.8. The molecule has 0 aromatic heterocycles. The Balaban J connectivity index is 1.59. The van der Waals surface area contributed by atoms with Crippen LogP contribution >= 0.6 is 0 Å². The van der Waals surface area contributed by atoms with Crippen LogP contribution in [0.25, 0.3) is 6.08 Å². The Morgan fingerprint density at radius 2 is 1.81 bits per heavy atom. The molecular weight excluding hydrogens is 386 g/mol. The van der Waals surface area contributed by atoms with Crippen LogP contribution in [0.2, 0.25) is 0 Å². The van der Waals surface area contributed by atoms with Gasteiger partial charge in [0.1, 0.15) is 5.60 Å². The first kappa shape index (κ1) is 21.5. The van der Waals surface area contributed by atoms with Gasteiger partial charge in [-0.2, -0.15) is 0 Å². The van der Waals surface area contributed by atoms with Crippen LogP contribution in [-0.4, -0.2) is 23.5 Å². The van der Waals surface area contributed by atoms with Gasteiger partial charge < -0.3 is 14.4 Å². The molecule has 1 amide bonds. The van der Waals surface area contributed by atoms with Crippen LogP contribution in [-0.2, 0) is 17.9 Å². The molecule has 164 valence electrons. The van der Waals surface area contributed by atoms with E-state index >= 15 is 0 Å². The Kier molecular flexibility index (Phi) is 6.35. The summed E-state index contributed by atoms with van der Waals surface area (Å²) in [6.07, 6.45) is 9.65. The number of methoxy groups -OCH3 is 1. The van der Waals surface area contributed by atoms with Crippen LogP contribution in [0.5, 0.6) is 11.5 Å². The van der Waals surface area contributed by atoms with E-state index in [-0.39, 0.29) is 11.5 Å². The lowest BCUT2D eigenvalue weighted by atomic mass is 9.99. The normalized spacial score (nSPS) is 17.1. The van der Waals surface area contributed by atoms with Crippen molar-refractivity contribution in [1.82, 2.24) is 4.90 Å². The number of rotatable bonds is 7. The second kappa shape index (κ2) is 9.17. The highest BCUT2D eigenvalue weighted by Gasteiger charge is 2.27. The second-order valence-corrected chi connectivity index (χ2v) is 9.35. The zero-order valence-corrected chi connectivity index (χ0v) is 18.9. The largest absolute Gasteiger partial charge is 0.493 e. The van der Waals surface area contributed by atoms with Gasteiger partial charge in [-0.1, -0.05) is 49.2 Å². The van der Waals surface area contributed by atoms with Gasteiger partial charge in [-0.3, -0.25) is 4.79 Å². The van der Waals surface area contributed by atoms with Crippen molar-refractivity contribution in [2.24, 2.45) is 5.92 Å². The third kappa shape index (κ3) is 5.30. The van der Waals surface area contributed by atoms with Gasteiger partial charge in [0.15, 0.2) is 11.5 Å². The summed E-state index contributed by atoms with van der Waals surface area (Å²) in [5, 5.41) is 0. The Morgan fingerprint density at radius 3 is 2.52 bits per heavy atom. The van der Waals surface area contributed by atoms with Gasteiger partial charge in [0.05, 0.1) is 7.11 Å². The Bertz CT molecular complexity index is 942. The number of hydrogen-bond acceptors (Lipinski definition) is 3. The van der Waals surface area contributed by atoms with E-state index in [0.717, 1.165) is 22.4 Å². The lowest BCUT2D eigenvalue weighted by Gasteiger charge is -2.30. The number of nitrogens with zero attached hydrogens (tertiary/aromatic N) is 1. The SMILES string of the molecule is COc1cc(CN(Cc2ccccc2)C(=O)CC2CCCC2)cc2c1OC(C)(C)C=C2. The molecule has 1 heterocycles. The fourth-order valence-corrected chi connectivity index (χ4v) is 4.59. The lowest BCUT2D eigenvalue weighted by Crippen LogP contribution is -2.31. The molecule has 1 aliphatic heterocycles. The van der Waals surface area contributed by atoms with E-state index in [9.17, 15) is 4.79 Å². The number of amides is 1. The van der Waals surface area contributed by atoms with Crippen molar-refractivity contribution in [3.05, 3.63) is 65.2 Å². The van der Waals surface area contributed by atoms with Gasteiger partial charge in [0.2, 0.25) is 5.91 Å². The third-order valence-electron chi connectivity index (χ3n) is 6.27. The molecule has 2 aromatic rings. The predicted molar refractivity (Wildman–Crippen MR) is 124 cm³/mol. The molecule has 2 aromatic carbocycles. The van der Waals surface area contributed by atoms with Gasteiger partial charge >= 0.3 is 0 Å². The fraction of sp³-hybridized carbons (Fsp3) is 0.444. The highest BCUT2D eigenvalue weighted by molar-refractivity contribution is 5.76. The summed E-state index contributed by atoms with van der Waals surface area (Å²) >= 11 is 0. The van der Waals surface area contributed by atoms with Gasteiger partial charge in [-0.15, -0.1) is 0 Å². The van der Waals surface area contributed by atoms with Crippen molar-refractivity contribution in [2.75, 3.05) is 7.11 Å². The maximum atomic E-state index is 13.3. The summed E-state index contributed by atoms with van der Waals surface area (Å²) in [5.41, 5.74) is 2.84. The van der Waals surface area contributed by atoms with Crippen LogP contribution < -0.4 is 9.47 Å². The van der Waals surface area contributed by atoms with Crippen molar-refractivity contribution in [3.8, 4) is 11.5 Å². The van der Waals surface area contributed by atoms with Crippen LogP contribution in [0, 0.1) is 5.92 Å². The molecule has 2 aliphatic rings. The van der Waals surface area contributed by atoms with Crippen LogP contribution in [0.1, 0.15) is 62.6 Å². The maximum absolute atomic E-state index is 13.3. The van der Waals surface area contributed by atoms with Crippen molar-refractivity contribution >= 4 is 12.0 Å². The van der Waals surface area contributed by atoms with Gasteiger partial charge in [0.25, 0.3) is 0 Å². The van der Waals surface area contributed by atoms with E-state index in [0.29, 0.717) is 31.2 Å². The first-order valence-corrected chi connectivity index (χ1v) is 11.3. The molecule has 0 bridgehead atoms. The molecule has 4 nitrogen and oxygen atoms in total. The molecule has 1 saturated carbocycles. The molecular formula is C27H33NO3. The van der Waals surface area contributed by atoms with Gasteiger partial charge in [-0.05, 0) is 61.9 Å². The van der Waals surface area contributed by atoms with Gasteiger partial charge in [0, 0.05) is 25.1 Å². The van der Waals surface area contributed by atoms with Gasteiger partial charge in [-0.25, -0.2) is 0 Å². The van der Waals surface area contributed by atoms with Crippen molar-refractivity contribution in [2.45, 2.75) is 64.6 Å². The minimum atomic E-state index is -0.363. The van der Waals surface area contributed by atoms with Crippen molar-refractivity contribution in [3.63, 3.8) is 0 Å². The van der Waals surface area contributed by atoms with Crippen LogP contribution in [0.4, 0.5) is 0 Å². The van der Waals surface area contributed by atoms with E-state index in [1.165, 1.54) is 25.7 Å². The Labute approximate surface area is 185 Å². The molecule has 0 atom stereocenters. The number of carbonyl (C=O) groups excluding carboxylic acids is 1. The summed E-state index contributed by atoms with van der Waals surface area (Å²) in [6.45, 7) is 5.23. The number of benzene rings is 2. The highest BCUT2D eigenvalue weighted by atomic mass is 16.5. The van der Waals surface area contributed by atoms with E-state index < -0.39 is 0 Å². The Hall–Kier alpha value is -2.75. The molecule has 0 unspecified atom stereocenters. The molecule has 0 radical (unpaired) electrons. The zero-order chi connectivity index (χ0) is 21.8. The molecule has 4 rings (SSSR count). The Morgan fingerprint density at radius 1 is 1.10 bits per heavy atom. The lowest BCUT2D eigenvalue weighted by molar-refractivity contribution is -0.133. The molecule has 31 heavy (non-hydrogen) atoms. The first-order chi connectivity index (χ1) is 14.9. The van der Waals surface area contributed by atoms with E-state index in [1.54, 1.807) is 7.11 Å². The van der Waals surface area contributed by atoms with Crippen LogP contribution in [0.15, 0.2) is 48.5 Å². The quantitative estimate of drug-likeness (QED) is 0.553. The average Bonchev–Trinajstić information content (AvgIpc) is 3.26. The minimum absolute atomic E-state index is 0.236. The highest BCUT2D eigenvalue weighted by Crippen LogP contribution is 2.40. The van der Waals surface area contributed by atoms with Crippen LogP contribution in [0.3, 0.4) is 0 Å². The van der Waals surface area contributed by atoms with E-state index in [1.807, 2.05) is 43.0 Å². The standard InChI is InChI=1S/C27H33NO3/c1-27(2)14-13-23-15-22(16-24(30-3)26(23)31-27)19-28(18-21-11-5-4-6-12-21)25(29)17-20-9-7-8-10-20/h4-6,11-16,20H,7-10,17-19H2,1-3H3. The molecule has 4 heteroatoms. The van der Waals surface area contributed by atoms with Crippen molar-refractivity contribution < 1.29 is 14.3 Å². The number of carbonyl (C=O) groups is 1. The third-order valence-corrected chi connectivity index (χ3v) is 6.27. The number of hydrogen-bond donors (Lipinski definition) is 0. The summed E-state index contributed by atoms with van der Waals surface area (Å²) in [6, 6.07) is 14.4. The van der Waals surface area contributed by atoms with Crippen molar-refractivity contribution in [1.29, 1.82) is 0 Å². The molecule has 0 saturated heterocycles. The maximum Gasteiger partial charge on any atom is 0.223 e. The molecule has 0 N–H and O–H groups in total. The minimum Gasteiger partial charge on any atom is -0.493 e. The number of ether oxygens (including phenoxy) is 2. The monoisotopic (exact) mass is 419 g/mol. The predicted octanol–water partition coefficient (Wildman–Crippen LogP) is 5.99. The smallest absolute Gasteiger partial charge is 0.223 e. The number of fused-ring (bicyclic) bond motifs is 1. The van der Waals surface area contributed by atoms with E-state index in [2.05, 4.69) is 30.4 Å². The summed E-state index contributed by atoms with van der Waals surface area (Å²) in [5.74, 6) is 2.25. The van der Waals surface area contributed by atoms with E-state index in [4.69, 9.17) is 9.47 Å². The average molecular weight is 420 g/mol. The zero-order valence-electron chi connectivity index (χ0n) is 18.9. The summed E-state index contributed by atoms with van der Waals surface area (Å²) in [4.78, 5) is 15.3. The molecule has 1 aliphatic carbocycles.